The largest absolute Gasteiger partial charge is 0.381 e. The SMILES string of the molecule is CC1(N=O)CCOCC1. The molecule has 1 fully saturated rings. The van der Waals surface area contributed by atoms with Crippen molar-refractivity contribution < 1.29 is 4.74 Å². The number of rotatable bonds is 1. The van der Waals surface area contributed by atoms with Crippen molar-refractivity contribution in [3.63, 3.8) is 0 Å². The molecule has 0 amide bonds. The summed E-state index contributed by atoms with van der Waals surface area (Å²) in [4.78, 5) is 10.2. The zero-order chi connectivity index (χ0) is 6.74. The third kappa shape index (κ3) is 1.48. The highest BCUT2D eigenvalue weighted by Crippen LogP contribution is 2.23. The lowest BCUT2D eigenvalue weighted by Crippen LogP contribution is -2.30. The van der Waals surface area contributed by atoms with Gasteiger partial charge in [-0.1, -0.05) is 5.18 Å². The van der Waals surface area contributed by atoms with Crippen molar-refractivity contribution in [1.29, 1.82) is 0 Å². The highest BCUT2D eigenvalue weighted by Gasteiger charge is 2.27. The predicted octanol–water partition coefficient (Wildman–Crippen LogP) is 1.32. The van der Waals surface area contributed by atoms with Crippen LogP contribution in [0.1, 0.15) is 19.8 Å². The van der Waals surface area contributed by atoms with Gasteiger partial charge in [-0.25, -0.2) is 0 Å². The van der Waals surface area contributed by atoms with Gasteiger partial charge in [-0.3, -0.25) is 0 Å². The first-order valence-electron chi connectivity index (χ1n) is 3.19. The van der Waals surface area contributed by atoms with Crippen LogP contribution < -0.4 is 0 Å². The molecule has 3 heteroatoms. The van der Waals surface area contributed by atoms with Crippen LogP contribution in [0.2, 0.25) is 0 Å². The van der Waals surface area contributed by atoms with Crippen LogP contribution in [0.3, 0.4) is 0 Å². The fourth-order valence-electron chi connectivity index (χ4n) is 0.902. The van der Waals surface area contributed by atoms with Gasteiger partial charge in [0.1, 0.15) is 5.54 Å². The topological polar surface area (TPSA) is 38.7 Å². The highest BCUT2D eigenvalue weighted by atomic mass is 16.5. The Kier molecular flexibility index (Phi) is 1.81. The van der Waals surface area contributed by atoms with E-state index in [0.717, 1.165) is 12.8 Å². The molecular weight excluding hydrogens is 118 g/mol. The molecule has 0 spiro atoms. The van der Waals surface area contributed by atoms with E-state index in [2.05, 4.69) is 5.18 Å². The van der Waals surface area contributed by atoms with E-state index in [9.17, 15) is 4.91 Å². The Morgan fingerprint density at radius 3 is 2.33 bits per heavy atom. The maximum atomic E-state index is 10.2. The van der Waals surface area contributed by atoms with E-state index in [1.807, 2.05) is 6.92 Å². The molecule has 0 atom stereocenters. The Bertz CT molecular complexity index is 108. The van der Waals surface area contributed by atoms with Gasteiger partial charge in [-0.15, -0.1) is 0 Å². The highest BCUT2D eigenvalue weighted by molar-refractivity contribution is 4.84. The van der Waals surface area contributed by atoms with Gasteiger partial charge in [-0.2, -0.15) is 4.91 Å². The maximum Gasteiger partial charge on any atom is 0.104 e. The Morgan fingerprint density at radius 1 is 1.44 bits per heavy atom. The molecule has 0 aliphatic carbocycles. The first kappa shape index (κ1) is 6.68. The third-order valence-corrected chi connectivity index (χ3v) is 1.79. The number of nitrogens with zero attached hydrogens (tertiary/aromatic N) is 1. The summed E-state index contributed by atoms with van der Waals surface area (Å²) in [6.45, 7) is 3.24. The van der Waals surface area contributed by atoms with E-state index in [-0.39, 0.29) is 5.54 Å². The maximum absolute atomic E-state index is 10.2. The van der Waals surface area contributed by atoms with Crippen LogP contribution in [0.4, 0.5) is 0 Å². The first-order valence-corrected chi connectivity index (χ1v) is 3.19. The average Bonchev–Trinajstić information content (AvgIpc) is 1.90. The molecule has 0 aromatic carbocycles. The molecule has 1 aliphatic rings. The zero-order valence-electron chi connectivity index (χ0n) is 5.59. The molecule has 0 N–H and O–H groups in total. The minimum atomic E-state index is -0.335. The second kappa shape index (κ2) is 2.43. The van der Waals surface area contributed by atoms with Crippen molar-refractivity contribution in [3.05, 3.63) is 4.91 Å². The Balaban J connectivity index is 2.46. The van der Waals surface area contributed by atoms with Gasteiger partial charge in [0.25, 0.3) is 0 Å². The second-order valence-electron chi connectivity index (χ2n) is 2.70. The zero-order valence-corrected chi connectivity index (χ0v) is 5.59. The van der Waals surface area contributed by atoms with Gasteiger partial charge in [-0.05, 0) is 19.8 Å². The van der Waals surface area contributed by atoms with Crippen molar-refractivity contribution in [3.8, 4) is 0 Å². The van der Waals surface area contributed by atoms with E-state index in [4.69, 9.17) is 4.74 Å². The smallest absolute Gasteiger partial charge is 0.104 e. The van der Waals surface area contributed by atoms with Crippen LogP contribution in [0.25, 0.3) is 0 Å². The molecule has 0 saturated carbocycles. The molecule has 1 aliphatic heterocycles. The number of hydrogen-bond acceptors (Lipinski definition) is 3. The molecule has 0 unspecified atom stereocenters. The molecule has 3 nitrogen and oxygen atoms in total. The average molecular weight is 129 g/mol. The lowest BCUT2D eigenvalue weighted by atomic mass is 9.94. The molecule has 1 heterocycles. The van der Waals surface area contributed by atoms with E-state index in [1.54, 1.807) is 0 Å². The first-order chi connectivity index (χ1) is 4.27. The van der Waals surface area contributed by atoms with Crippen LogP contribution in [-0.4, -0.2) is 18.8 Å². The van der Waals surface area contributed by atoms with Crippen molar-refractivity contribution in [1.82, 2.24) is 0 Å². The van der Waals surface area contributed by atoms with E-state index < -0.39 is 0 Å². The minimum Gasteiger partial charge on any atom is -0.381 e. The Morgan fingerprint density at radius 2 is 2.00 bits per heavy atom. The van der Waals surface area contributed by atoms with Crippen LogP contribution in [0.5, 0.6) is 0 Å². The summed E-state index contributed by atoms with van der Waals surface area (Å²) in [5, 5.41) is 3.05. The molecule has 9 heavy (non-hydrogen) atoms. The molecule has 1 rings (SSSR count). The summed E-state index contributed by atoms with van der Waals surface area (Å²) < 4.78 is 5.07. The molecule has 0 bridgehead atoms. The molecular formula is C6H11NO2. The van der Waals surface area contributed by atoms with Gasteiger partial charge in [0.05, 0.1) is 0 Å². The van der Waals surface area contributed by atoms with Crippen molar-refractivity contribution >= 4 is 0 Å². The van der Waals surface area contributed by atoms with Crippen molar-refractivity contribution in [2.45, 2.75) is 25.3 Å². The molecule has 1 saturated heterocycles. The second-order valence-corrected chi connectivity index (χ2v) is 2.70. The van der Waals surface area contributed by atoms with Crippen LogP contribution in [-0.2, 0) is 4.74 Å². The van der Waals surface area contributed by atoms with Crippen LogP contribution in [0, 0.1) is 4.91 Å². The molecule has 0 aromatic rings. The predicted molar refractivity (Wildman–Crippen MR) is 34.3 cm³/mol. The third-order valence-electron chi connectivity index (χ3n) is 1.79. The summed E-state index contributed by atoms with van der Waals surface area (Å²) >= 11 is 0. The summed E-state index contributed by atoms with van der Waals surface area (Å²) in [5.41, 5.74) is -0.335. The molecule has 52 valence electrons. The van der Waals surface area contributed by atoms with Crippen LogP contribution in [0.15, 0.2) is 5.18 Å². The van der Waals surface area contributed by atoms with Gasteiger partial charge in [0.15, 0.2) is 0 Å². The fraction of sp³-hybridized carbons (Fsp3) is 1.00. The van der Waals surface area contributed by atoms with E-state index in [1.165, 1.54) is 0 Å². The van der Waals surface area contributed by atoms with Gasteiger partial charge < -0.3 is 4.74 Å². The Labute approximate surface area is 54.4 Å². The lowest BCUT2D eigenvalue weighted by molar-refractivity contribution is 0.0597. The normalized spacial score (nSPS) is 25.4. The summed E-state index contributed by atoms with van der Waals surface area (Å²) in [5.74, 6) is 0. The van der Waals surface area contributed by atoms with Gasteiger partial charge in [0.2, 0.25) is 0 Å². The number of nitroso groups, excluding NO2 is 1. The quantitative estimate of drug-likeness (QED) is 0.501. The molecule has 0 aromatic heterocycles. The van der Waals surface area contributed by atoms with Crippen LogP contribution >= 0.6 is 0 Å². The van der Waals surface area contributed by atoms with E-state index in [0.29, 0.717) is 13.2 Å². The van der Waals surface area contributed by atoms with Gasteiger partial charge in [0, 0.05) is 13.2 Å². The van der Waals surface area contributed by atoms with Crippen molar-refractivity contribution in [2.75, 3.05) is 13.2 Å². The lowest BCUT2D eigenvalue weighted by Gasteiger charge is -2.25. The number of hydrogen-bond donors (Lipinski definition) is 0. The summed E-state index contributed by atoms with van der Waals surface area (Å²) in [6.07, 6.45) is 1.55. The fourth-order valence-corrected chi connectivity index (χ4v) is 0.902. The van der Waals surface area contributed by atoms with Crippen molar-refractivity contribution in [2.24, 2.45) is 5.18 Å². The van der Waals surface area contributed by atoms with E-state index >= 15 is 0 Å². The standard InChI is InChI=1S/C6H11NO2/c1-6(7-8)2-4-9-5-3-6/h2-5H2,1H3. The number of ether oxygens (including phenoxy) is 1. The summed E-state index contributed by atoms with van der Waals surface area (Å²) in [6, 6.07) is 0. The van der Waals surface area contributed by atoms with Gasteiger partial charge >= 0.3 is 0 Å². The molecule has 0 radical (unpaired) electrons. The Hall–Kier alpha value is -0.440. The monoisotopic (exact) mass is 129 g/mol. The summed E-state index contributed by atoms with van der Waals surface area (Å²) in [7, 11) is 0. The minimum absolute atomic E-state index is 0.335.